The van der Waals surface area contributed by atoms with Crippen molar-refractivity contribution < 1.29 is 5.11 Å². The van der Waals surface area contributed by atoms with Crippen molar-refractivity contribution in [3.63, 3.8) is 0 Å². The van der Waals surface area contributed by atoms with Gasteiger partial charge in [0.25, 0.3) is 5.56 Å². The number of rotatable bonds is 3. The normalized spacial score (nSPS) is 23.2. The second-order valence-corrected chi connectivity index (χ2v) is 7.61. The second kappa shape index (κ2) is 6.28. The molecule has 1 aliphatic heterocycles. The molecule has 2 unspecified atom stereocenters. The monoisotopic (exact) mass is 369 g/mol. The fraction of sp³-hybridized carbons (Fsp3) is 0.556. The largest absolute Gasteiger partial charge is 0.393 e. The summed E-state index contributed by atoms with van der Waals surface area (Å²) < 4.78 is 3.58. The number of aliphatic hydroxyl groups excluding tert-OH is 1. The SMILES string of the molecule is Cc1nc(-c2cnn3c2CN(CC2CCCC2O)CC3)c2c(=O)[nH]cnn12. The first kappa shape index (κ1) is 16.6. The molecule has 2 aliphatic rings. The number of hydrogen-bond donors (Lipinski definition) is 2. The highest BCUT2D eigenvalue weighted by Crippen LogP contribution is 2.31. The van der Waals surface area contributed by atoms with Crippen LogP contribution in [0.1, 0.15) is 30.8 Å². The molecule has 0 saturated heterocycles. The Morgan fingerprint density at radius 2 is 2.19 bits per heavy atom. The van der Waals surface area contributed by atoms with Crippen LogP contribution in [0, 0.1) is 12.8 Å². The first-order valence-electron chi connectivity index (χ1n) is 9.50. The van der Waals surface area contributed by atoms with Crippen molar-refractivity contribution in [2.24, 2.45) is 5.92 Å². The molecule has 0 radical (unpaired) electrons. The van der Waals surface area contributed by atoms with E-state index < -0.39 is 0 Å². The minimum atomic E-state index is -0.206. The molecule has 1 saturated carbocycles. The Kier molecular flexibility index (Phi) is 3.87. The van der Waals surface area contributed by atoms with Crippen LogP contribution in [-0.2, 0) is 13.1 Å². The molecule has 3 aromatic rings. The van der Waals surface area contributed by atoms with Gasteiger partial charge < -0.3 is 10.1 Å². The van der Waals surface area contributed by atoms with Gasteiger partial charge in [0.1, 0.15) is 17.8 Å². The van der Waals surface area contributed by atoms with Gasteiger partial charge in [0, 0.05) is 25.2 Å². The summed E-state index contributed by atoms with van der Waals surface area (Å²) in [6.45, 7) is 5.21. The lowest BCUT2D eigenvalue weighted by molar-refractivity contribution is 0.0911. The van der Waals surface area contributed by atoms with E-state index in [0.29, 0.717) is 23.0 Å². The van der Waals surface area contributed by atoms with Crippen molar-refractivity contribution in [1.82, 2.24) is 34.3 Å². The molecular weight excluding hydrogens is 346 g/mol. The number of aryl methyl sites for hydroxylation is 1. The molecule has 0 spiro atoms. The quantitative estimate of drug-likeness (QED) is 0.699. The van der Waals surface area contributed by atoms with Gasteiger partial charge in [0.2, 0.25) is 0 Å². The summed E-state index contributed by atoms with van der Waals surface area (Å²) in [4.78, 5) is 22.0. The highest BCUT2D eigenvalue weighted by atomic mass is 16.3. The van der Waals surface area contributed by atoms with E-state index in [1.54, 1.807) is 10.7 Å². The average molecular weight is 369 g/mol. The van der Waals surface area contributed by atoms with Gasteiger partial charge in [-0.05, 0) is 25.7 Å². The van der Waals surface area contributed by atoms with Crippen molar-refractivity contribution in [2.45, 2.75) is 45.4 Å². The lowest BCUT2D eigenvalue weighted by Gasteiger charge is -2.31. The number of nitrogens with zero attached hydrogens (tertiary/aromatic N) is 6. The molecule has 4 heterocycles. The van der Waals surface area contributed by atoms with E-state index in [2.05, 4.69) is 25.1 Å². The van der Waals surface area contributed by atoms with Gasteiger partial charge in [-0.3, -0.25) is 14.4 Å². The molecule has 1 aliphatic carbocycles. The molecule has 9 nitrogen and oxygen atoms in total. The number of aromatic amines is 1. The molecule has 27 heavy (non-hydrogen) atoms. The molecule has 3 aromatic heterocycles. The second-order valence-electron chi connectivity index (χ2n) is 7.61. The third-order valence-electron chi connectivity index (χ3n) is 5.92. The first-order valence-corrected chi connectivity index (χ1v) is 9.50. The van der Waals surface area contributed by atoms with Gasteiger partial charge in [0.05, 0.1) is 24.5 Å². The predicted octanol–water partition coefficient (Wildman–Crippen LogP) is 0.566. The van der Waals surface area contributed by atoms with Crippen LogP contribution < -0.4 is 5.56 Å². The molecule has 2 N–H and O–H groups in total. The summed E-state index contributed by atoms with van der Waals surface area (Å²) in [5, 5.41) is 18.9. The van der Waals surface area contributed by atoms with Gasteiger partial charge >= 0.3 is 0 Å². The van der Waals surface area contributed by atoms with E-state index in [4.69, 9.17) is 0 Å². The Hall–Kier alpha value is -2.52. The fourth-order valence-corrected chi connectivity index (χ4v) is 4.48. The minimum absolute atomic E-state index is 0.180. The highest BCUT2D eigenvalue weighted by Gasteiger charge is 2.30. The van der Waals surface area contributed by atoms with Gasteiger partial charge in [0.15, 0.2) is 5.52 Å². The van der Waals surface area contributed by atoms with Crippen LogP contribution in [0.2, 0.25) is 0 Å². The number of H-pyrrole nitrogens is 1. The Morgan fingerprint density at radius 1 is 1.30 bits per heavy atom. The maximum atomic E-state index is 12.4. The van der Waals surface area contributed by atoms with E-state index in [1.165, 1.54) is 6.33 Å². The zero-order chi connectivity index (χ0) is 18.5. The lowest BCUT2D eigenvalue weighted by atomic mass is 10.0. The summed E-state index contributed by atoms with van der Waals surface area (Å²) >= 11 is 0. The van der Waals surface area contributed by atoms with Crippen molar-refractivity contribution in [2.75, 3.05) is 13.1 Å². The van der Waals surface area contributed by atoms with E-state index in [0.717, 1.165) is 56.7 Å². The Labute approximate surface area is 155 Å². The maximum Gasteiger partial charge on any atom is 0.277 e. The van der Waals surface area contributed by atoms with E-state index in [1.807, 2.05) is 11.6 Å². The van der Waals surface area contributed by atoms with Crippen LogP contribution in [0.5, 0.6) is 0 Å². The predicted molar refractivity (Wildman–Crippen MR) is 98.2 cm³/mol. The number of hydrogen-bond acceptors (Lipinski definition) is 6. The molecule has 1 fully saturated rings. The molecule has 0 bridgehead atoms. The Balaban J connectivity index is 1.51. The number of aromatic nitrogens is 6. The summed E-state index contributed by atoms with van der Waals surface area (Å²) in [7, 11) is 0. The number of fused-ring (bicyclic) bond motifs is 2. The van der Waals surface area contributed by atoms with Crippen molar-refractivity contribution in [3.8, 4) is 11.3 Å². The third-order valence-corrected chi connectivity index (χ3v) is 5.92. The van der Waals surface area contributed by atoms with Gasteiger partial charge in [-0.25, -0.2) is 9.50 Å². The van der Waals surface area contributed by atoms with Crippen LogP contribution in [-0.4, -0.2) is 58.6 Å². The number of aliphatic hydroxyl groups is 1. The van der Waals surface area contributed by atoms with Crippen molar-refractivity contribution >= 4 is 5.52 Å². The first-order chi connectivity index (χ1) is 13.1. The summed E-state index contributed by atoms with van der Waals surface area (Å²) in [6, 6.07) is 0. The van der Waals surface area contributed by atoms with Gasteiger partial charge in [-0.15, -0.1) is 0 Å². The zero-order valence-corrected chi connectivity index (χ0v) is 15.3. The van der Waals surface area contributed by atoms with E-state index >= 15 is 0 Å². The molecule has 9 heteroatoms. The summed E-state index contributed by atoms with van der Waals surface area (Å²) in [5.41, 5.74) is 2.83. The van der Waals surface area contributed by atoms with E-state index in [-0.39, 0.29) is 11.7 Å². The van der Waals surface area contributed by atoms with Crippen molar-refractivity contribution in [1.29, 1.82) is 0 Å². The van der Waals surface area contributed by atoms with Crippen LogP contribution in [0.4, 0.5) is 0 Å². The van der Waals surface area contributed by atoms with Crippen molar-refractivity contribution in [3.05, 3.63) is 34.4 Å². The Bertz CT molecular complexity index is 1050. The van der Waals surface area contributed by atoms with Crippen LogP contribution in [0.25, 0.3) is 16.8 Å². The number of imidazole rings is 1. The summed E-state index contributed by atoms with van der Waals surface area (Å²) in [5.74, 6) is 1.03. The lowest BCUT2D eigenvalue weighted by Crippen LogP contribution is -2.39. The maximum absolute atomic E-state index is 12.4. The molecule has 142 valence electrons. The molecular formula is C18H23N7O2. The molecule has 0 aromatic carbocycles. The standard InChI is InChI=1S/C18H23N7O2/c1-11-22-16(17-18(27)19-10-21-25(11)17)13-7-20-24-6-5-23(9-14(13)24)8-12-3-2-4-15(12)26/h7,10,12,15,26H,2-6,8-9H2,1H3,(H,19,21,27). The molecule has 5 rings (SSSR count). The smallest absolute Gasteiger partial charge is 0.277 e. The minimum Gasteiger partial charge on any atom is -0.393 e. The molecule has 2 atom stereocenters. The fourth-order valence-electron chi connectivity index (χ4n) is 4.48. The topological polar surface area (TPSA) is 104 Å². The van der Waals surface area contributed by atoms with Gasteiger partial charge in [-0.2, -0.15) is 10.2 Å². The van der Waals surface area contributed by atoms with Crippen LogP contribution in [0.3, 0.4) is 0 Å². The summed E-state index contributed by atoms with van der Waals surface area (Å²) in [6.07, 6.45) is 6.12. The third kappa shape index (κ3) is 2.69. The Morgan fingerprint density at radius 3 is 3.00 bits per heavy atom. The van der Waals surface area contributed by atoms with Gasteiger partial charge in [-0.1, -0.05) is 6.42 Å². The van der Waals surface area contributed by atoms with E-state index in [9.17, 15) is 9.90 Å². The number of nitrogens with one attached hydrogen (secondary N) is 1. The zero-order valence-electron chi connectivity index (χ0n) is 15.3. The molecule has 0 amide bonds. The van der Waals surface area contributed by atoms with Crippen LogP contribution >= 0.6 is 0 Å². The van der Waals surface area contributed by atoms with Crippen LogP contribution in [0.15, 0.2) is 17.3 Å². The highest BCUT2D eigenvalue weighted by molar-refractivity contribution is 5.77. The average Bonchev–Trinajstić information content (AvgIpc) is 3.34.